The number of anilines is 1. The molecule has 0 bridgehead atoms. The van der Waals surface area contributed by atoms with Crippen LogP contribution in [0.2, 0.25) is 0 Å². The highest BCUT2D eigenvalue weighted by Crippen LogP contribution is 2.34. The quantitative estimate of drug-likeness (QED) is 0.340. The number of aromatic nitrogens is 3. The first-order valence-electron chi connectivity index (χ1n) is 6.86. The minimum Gasteiger partial charge on any atom is -0.481 e. The predicted molar refractivity (Wildman–Crippen MR) is 78.8 cm³/mol. The van der Waals surface area contributed by atoms with Crippen molar-refractivity contribution in [1.82, 2.24) is 14.5 Å². The average Bonchev–Trinajstić information content (AvgIpc) is 3.07. The molecule has 3 rings (SSSR count). The fourth-order valence-corrected chi connectivity index (χ4v) is 2.69. The molecule has 1 aliphatic rings. The van der Waals surface area contributed by atoms with Crippen LogP contribution in [-0.4, -0.2) is 67.8 Å². The highest BCUT2D eigenvalue weighted by Gasteiger charge is 2.44. The van der Waals surface area contributed by atoms with E-state index in [-0.39, 0.29) is 11.7 Å². The molecule has 10 heteroatoms. The van der Waals surface area contributed by atoms with Crippen LogP contribution >= 0.6 is 0 Å². The Balaban J connectivity index is 2.16. The molecule has 3 heterocycles. The third-order valence-electron chi connectivity index (χ3n) is 3.88. The predicted octanol–water partition coefficient (Wildman–Crippen LogP) is -1.40. The third-order valence-corrected chi connectivity index (χ3v) is 3.88. The monoisotopic (exact) mass is 323 g/mol. The van der Waals surface area contributed by atoms with Crippen LogP contribution < -0.4 is 5.73 Å². The van der Waals surface area contributed by atoms with Crippen molar-refractivity contribution in [3.8, 4) is 0 Å². The number of nitrogens with two attached hydrogens (primary N) is 1. The topological polar surface area (TPSA) is 160 Å². The normalized spacial score (nSPS) is 27.5. The van der Waals surface area contributed by atoms with Crippen LogP contribution in [-0.2, 0) is 9.47 Å². The molecule has 23 heavy (non-hydrogen) atoms. The molecule has 0 unspecified atom stereocenters. The molecule has 0 spiro atoms. The van der Waals surface area contributed by atoms with Crippen molar-refractivity contribution in [1.29, 1.82) is 5.41 Å². The van der Waals surface area contributed by atoms with Crippen LogP contribution in [0.5, 0.6) is 0 Å². The summed E-state index contributed by atoms with van der Waals surface area (Å²) in [7, 11) is 1.35. The van der Waals surface area contributed by atoms with Gasteiger partial charge in [0.05, 0.1) is 24.7 Å². The maximum Gasteiger partial charge on any atom is 0.215 e. The maximum absolute atomic E-state index is 10.2. The molecule has 4 atom stereocenters. The fraction of sp³-hybridized carbons (Fsp3) is 0.462. The maximum atomic E-state index is 10.2. The van der Waals surface area contributed by atoms with Crippen molar-refractivity contribution in [3.05, 3.63) is 18.1 Å². The highest BCUT2D eigenvalue weighted by atomic mass is 16.6. The van der Waals surface area contributed by atoms with E-state index in [0.717, 1.165) is 0 Å². The average molecular weight is 323 g/mol. The number of fused-ring (bicyclic) bond motifs is 1. The van der Waals surface area contributed by atoms with Crippen LogP contribution in [0.1, 0.15) is 11.8 Å². The molecule has 2 aromatic rings. The summed E-state index contributed by atoms with van der Waals surface area (Å²) in [6.45, 7) is -0.439. The number of methoxy groups -OCH3 is 1. The molecular formula is C13H17N5O5. The highest BCUT2D eigenvalue weighted by molar-refractivity contribution is 6.08. The zero-order valence-corrected chi connectivity index (χ0v) is 12.2. The van der Waals surface area contributed by atoms with E-state index in [0.29, 0.717) is 16.6 Å². The van der Waals surface area contributed by atoms with Gasteiger partial charge in [0.15, 0.2) is 6.23 Å². The largest absolute Gasteiger partial charge is 0.481 e. The van der Waals surface area contributed by atoms with E-state index in [1.54, 1.807) is 0 Å². The Hall–Kier alpha value is -2.27. The van der Waals surface area contributed by atoms with Crippen LogP contribution in [0.3, 0.4) is 0 Å². The summed E-state index contributed by atoms with van der Waals surface area (Å²) in [5, 5.41) is 37.5. The van der Waals surface area contributed by atoms with Crippen LogP contribution in [0, 0.1) is 5.41 Å². The first-order chi connectivity index (χ1) is 11.0. The van der Waals surface area contributed by atoms with Gasteiger partial charge in [0.25, 0.3) is 0 Å². The van der Waals surface area contributed by atoms with E-state index in [4.69, 9.17) is 20.6 Å². The lowest BCUT2D eigenvalue weighted by Crippen LogP contribution is -2.33. The molecule has 10 nitrogen and oxygen atoms in total. The van der Waals surface area contributed by atoms with Crippen molar-refractivity contribution < 1.29 is 24.8 Å². The van der Waals surface area contributed by atoms with Crippen LogP contribution in [0.25, 0.3) is 11.0 Å². The van der Waals surface area contributed by atoms with Gasteiger partial charge in [-0.05, 0) is 0 Å². The number of nitrogens with one attached hydrogen (secondary N) is 1. The standard InChI is InChI=1S/C13H17N5O5/c1-22-11(15)5-2-18(12-7(5)10(14)16-4-17-12)13-9(21)8(20)6(3-19)23-13/h2,4,6,8-9,13,15,19-21H,3H2,1H3,(H2,14,16,17)/t6-,8-,9+,13-/m1/s1. The molecule has 0 aliphatic carbocycles. The summed E-state index contributed by atoms with van der Waals surface area (Å²) < 4.78 is 11.9. The second-order valence-corrected chi connectivity index (χ2v) is 5.17. The number of nitrogens with zero attached hydrogens (tertiary/aromatic N) is 3. The summed E-state index contributed by atoms with van der Waals surface area (Å²) >= 11 is 0. The molecule has 0 aromatic carbocycles. The second-order valence-electron chi connectivity index (χ2n) is 5.17. The first kappa shape index (κ1) is 15.6. The number of aliphatic hydroxyl groups is 3. The SMILES string of the molecule is COC(=N)c1cn([C@@H]2O[C@H](CO)[C@@H](O)[C@@H]2O)c2ncnc(N)c12. The van der Waals surface area contributed by atoms with E-state index in [2.05, 4.69) is 9.97 Å². The van der Waals surface area contributed by atoms with Crippen molar-refractivity contribution in [2.45, 2.75) is 24.5 Å². The number of rotatable bonds is 3. The summed E-state index contributed by atoms with van der Waals surface area (Å²) in [5.41, 5.74) is 6.52. The number of aliphatic hydroxyl groups excluding tert-OH is 3. The Kier molecular flexibility index (Phi) is 3.90. The van der Waals surface area contributed by atoms with E-state index in [1.165, 1.54) is 24.2 Å². The Morgan fingerprint density at radius 2 is 2.17 bits per heavy atom. The van der Waals surface area contributed by atoms with Gasteiger partial charge in [-0.1, -0.05) is 0 Å². The zero-order chi connectivity index (χ0) is 16.7. The molecule has 0 saturated carbocycles. The molecule has 0 radical (unpaired) electrons. The van der Waals surface area contributed by atoms with E-state index in [1.807, 2.05) is 0 Å². The van der Waals surface area contributed by atoms with Gasteiger partial charge in [-0.15, -0.1) is 0 Å². The molecule has 0 amide bonds. The van der Waals surface area contributed by atoms with Gasteiger partial charge >= 0.3 is 0 Å². The number of ether oxygens (including phenoxy) is 2. The summed E-state index contributed by atoms with van der Waals surface area (Å²) in [6, 6.07) is 0. The number of hydrogen-bond acceptors (Lipinski definition) is 9. The van der Waals surface area contributed by atoms with Gasteiger partial charge < -0.3 is 35.1 Å². The molecule has 2 aromatic heterocycles. The molecular weight excluding hydrogens is 306 g/mol. The summed E-state index contributed by atoms with van der Waals surface area (Å²) in [6.07, 6.45) is -1.69. The Labute approximate surface area is 130 Å². The Bertz CT molecular complexity index is 748. The lowest BCUT2D eigenvalue weighted by atomic mass is 10.1. The first-order valence-corrected chi connectivity index (χ1v) is 6.86. The van der Waals surface area contributed by atoms with E-state index >= 15 is 0 Å². The van der Waals surface area contributed by atoms with Gasteiger partial charge in [0.1, 0.15) is 36.1 Å². The Morgan fingerprint density at radius 1 is 1.43 bits per heavy atom. The molecule has 6 N–H and O–H groups in total. The van der Waals surface area contributed by atoms with Crippen LogP contribution in [0.4, 0.5) is 5.82 Å². The van der Waals surface area contributed by atoms with Gasteiger partial charge in [0.2, 0.25) is 5.90 Å². The molecule has 124 valence electrons. The Morgan fingerprint density at radius 3 is 2.78 bits per heavy atom. The van der Waals surface area contributed by atoms with Crippen molar-refractivity contribution in [3.63, 3.8) is 0 Å². The van der Waals surface area contributed by atoms with Crippen molar-refractivity contribution in [2.75, 3.05) is 19.5 Å². The lowest BCUT2D eigenvalue weighted by Gasteiger charge is -2.17. The lowest BCUT2D eigenvalue weighted by molar-refractivity contribution is -0.0508. The third kappa shape index (κ3) is 2.32. The van der Waals surface area contributed by atoms with E-state index in [9.17, 15) is 15.3 Å². The van der Waals surface area contributed by atoms with E-state index < -0.39 is 31.1 Å². The minimum atomic E-state index is -1.27. The molecule has 1 aliphatic heterocycles. The number of nitrogen functional groups attached to an aromatic ring is 1. The number of hydrogen-bond donors (Lipinski definition) is 5. The second kappa shape index (κ2) is 5.74. The minimum absolute atomic E-state index is 0.150. The van der Waals surface area contributed by atoms with Crippen molar-refractivity contribution in [2.24, 2.45) is 0 Å². The van der Waals surface area contributed by atoms with Crippen molar-refractivity contribution >= 4 is 22.7 Å². The molecule has 1 fully saturated rings. The smallest absolute Gasteiger partial charge is 0.215 e. The fourth-order valence-electron chi connectivity index (χ4n) is 2.69. The summed E-state index contributed by atoms with van der Waals surface area (Å²) in [4.78, 5) is 8.02. The molecule has 1 saturated heterocycles. The van der Waals surface area contributed by atoms with Crippen LogP contribution in [0.15, 0.2) is 12.5 Å². The summed E-state index contributed by atoms with van der Waals surface area (Å²) in [5.74, 6) is -0.000660. The van der Waals surface area contributed by atoms with Gasteiger partial charge in [0, 0.05) is 6.20 Å². The van der Waals surface area contributed by atoms with Gasteiger partial charge in [-0.3, -0.25) is 5.41 Å². The zero-order valence-electron chi connectivity index (χ0n) is 12.2. The van der Waals surface area contributed by atoms with Gasteiger partial charge in [-0.2, -0.15) is 0 Å². The van der Waals surface area contributed by atoms with Gasteiger partial charge in [-0.25, -0.2) is 9.97 Å².